The van der Waals surface area contributed by atoms with Crippen molar-refractivity contribution in [3.63, 3.8) is 0 Å². The first-order valence-electron chi connectivity index (χ1n) is 18.6. The first-order valence-corrected chi connectivity index (χ1v) is 20.2. The molecule has 6 rings (SSSR count). The molecule has 0 aliphatic carbocycles. The molecule has 2 unspecified atom stereocenters. The summed E-state index contributed by atoms with van der Waals surface area (Å²) in [6.45, 7) is 4.12. The van der Waals surface area contributed by atoms with Crippen LogP contribution in [0, 0.1) is 104 Å². The molecule has 0 spiro atoms. The summed E-state index contributed by atoms with van der Waals surface area (Å²) in [4.78, 5) is 42.3. The van der Waals surface area contributed by atoms with Crippen LogP contribution in [0.1, 0.15) is 29.2 Å². The van der Waals surface area contributed by atoms with Gasteiger partial charge in [0.1, 0.15) is 26.2 Å². The summed E-state index contributed by atoms with van der Waals surface area (Å²) in [5.41, 5.74) is 11.5. The zero-order chi connectivity index (χ0) is 51.1. The molecule has 2 heterocycles. The van der Waals surface area contributed by atoms with Gasteiger partial charge in [-0.1, -0.05) is 67.6 Å². The minimum absolute atomic E-state index is 0. The fourth-order valence-electron chi connectivity index (χ4n) is 5.39. The molecule has 31 heteroatoms. The van der Waals surface area contributed by atoms with Gasteiger partial charge in [0.05, 0.1) is 69.9 Å². The van der Waals surface area contributed by atoms with E-state index in [0.717, 1.165) is 58.3 Å². The molecule has 0 saturated carbocycles. The maximum atomic E-state index is 13.3. The third kappa shape index (κ3) is 28.0. The molecule has 0 amide bonds. The van der Waals surface area contributed by atoms with E-state index in [2.05, 4.69) is 86.9 Å². The van der Waals surface area contributed by atoms with Crippen LogP contribution < -0.4 is 30.9 Å². The molecule has 0 bridgehead atoms. The number of para-hydroxylation sites is 4. The summed E-state index contributed by atoms with van der Waals surface area (Å²) >= 11 is 7.09. The predicted octanol–water partition coefficient (Wildman–Crippen LogP) is 0.938. The number of benzene rings is 4. The standard InChI is InChI=1S/C34H34Br2N10O2.C2H3N.2CH4O.3NO3.H2O.Yb/c1-45(19-23-15-25(35)13-21(31(23)47)17-37-43-33-39-27-7-3-4-8-28(27)40-33)11-12-46(2)20-24-16-26(36)14-22(32(24)48)18-38-44-34-41-29-9-5-6-10-30(29)42-34;1-2-3;2*1-2;3*2-1(3)4;;/h3-10,13-18,47-48H,11-12,19-20H2,1-2H3,(H2,39,40,43)(H2,41,42,44);1H3;2*2H,1H3;;;;1H2;/q;;;;3*-1;;+3/b37-17+,38-18+;;;;;;;;. The quantitative estimate of drug-likeness (QED) is 0.0453. The Morgan fingerprint density at radius 2 is 0.971 bits per heavy atom. The number of fused-ring (bicyclic) bond motifs is 2. The van der Waals surface area contributed by atoms with Crippen LogP contribution in [0.4, 0.5) is 11.9 Å². The van der Waals surface area contributed by atoms with Crippen LogP contribution in [-0.2, 0) is 13.1 Å². The fraction of sp³-hybridized carbons (Fsp3) is 0.237. The van der Waals surface area contributed by atoms with Gasteiger partial charge in [-0.05, 0) is 59.7 Å². The Morgan fingerprint density at radius 3 is 1.26 bits per heavy atom. The number of likely N-dealkylation sites (N-methyl/N-ethyl adjacent to an activating group) is 2. The molecule has 2 aromatic heterocycles. The first-order chi connectivity index (χ1) is 31.8. The van der Waals surface area contributed by atoms with Gasteiger partial charge >= 0.3 is 46.9 Å². The molecule has 4 aromatic carbocycles. The van der Waals surface area contributed by atoms with E-state index in [1.807, 2.05) is 60.7 Å². The second-order valence-corrected chi connectivity index (χ2v) is 14.4. The normalized spacial score (nSPS) is 10.5. The van der Waals surface area contributed by atoms with E-state index in [0.29, 0.717) is 47.2 Å². The number of nitrogens with one attached hydrogen (secondary N) is 6. The molecule has 0 saturated heterocycles. The van der Waals surface area contributed by atoms with Crippen LogP contribution in [0.25, 0.3) is 22.1 Å². The fourth-order valence-corrected chi connectivity index (χ4v) is 6.44. The first kappa shape index (κ1) is 67.0. The average molecular weight is 1260 g/mol. The van der Waals surface area contributed by atoms with E-state index < -0.39 is 15.3 Å². The van der Waals surface area contributed by atoms with Gasteiger partial charge in [0.25, 0.3) is 0 Å². The molecule has 0 aliphatic rings. The molecule has 381 valence electrons. The smallest absolute Gasteiger partial charge is 0.872 e. The Morgan fingerprint density at radius 1 is 0.681 bits per heavy atom. The van der Waals surface area contributed by atoms with E-state index in [4.69, 9.17) is 61.4 Å². The summed E-state index contributed by atoms with van der Waals surface area (Å²) in [6.07, 6.45) is 3.03. The number of anilines is 2. The molecule has 69 heavy (non-hydrogen) atoms. The van der Waals surface area contributed by atoms with E-state index >= 15 is 0 Å². The van der Waals surface area contributed by atoms with Crippen molar-refractivity contribution < 1.29 is 97.9 Å². The minimum atomic E-state index is -1.75. The van der Waals surface area contributed by atoms with Gasteiger partial charge in [0.2, 0.25) is 11.9 Å². The van der Waals surface area contributed by atoms with Crippen LogP contribution in [0.3, 0.4) is 0 Å². The SMILES string of the molecule is CC#N.CO.CO.C[NH+](CC[NH+](C)Cc1cc(Br)cc(/C=N/Nc2nc3ccccc3[nH]2)c1[O-])Cc1cc(Br)cc(/C=N/Nc2nc3ccccc3[nH]2)c1[O-].O.O=[N+]([O-])[O-].O=[N+]([O-])[O-].O=[N+]([O-])[O-].[Yb+3]. The summed E-state index contributed by atoms with van der Waals surface area (Å²) < 4.78 is 1.62. The number of hydrogen-bond acceptors (Lipinski definition) is 20. The van der Waals surface area contributed by atoms with Crippen LogP contribution in [0.2, 0.25) is 0 Å². The van der Waals surface area contributed by atoms with Crippen molar-refractivity contribution in [2.75, 3.05) is 52.3 Å². The largest absolute Gasteiger partial charge is 3.00 e. The van der Waals surface area contributed by atoms with E-state index in [-0.39, 0.29) is 63.9 Å². The van der Waals surface area contributed by atoms with Gasteiger partial charge in [-0.2, -0.15) is 15.5 Å². The summed E-state index contributed by atoms with van der Waals surface area (Å²) in [6, 6.07) is 24.4. The summed E-state index contributed by atoms with van der Waals surface area (Å²) in [7, 11) is 6.12. The van der Waals surface area contributed by atoms with Crippen LogP contribution in [-0.4, -0.2) is 105 Å². The maximum absolute atomic E-state index is 13.3. The maximum Gasteiger partial charge on any atom is 3.00 e. The number of nitrogens with zero attached hydrogens (tertiary/aromatic N) is 8. The van der Waals surface area contributed by atoms with Crippen LogP contribution >= 0.6 is 31.9 Å². The second kappa shape index (κ2) is 37.7. The molecule has 0 aliphatic heterocycles. The van der Waals surface area contributed by atoms with Crippen molar-refractivity contribution >= 4 is 78.3 Å². The van der Waals surface area contributed by atoms with Crippen molar-refractivity contribution in [1.29, 1.82) is 5.26 Å². The summed E-state index contributed by atoms with van der Waals surface area (Å²) in [5, 5.41) is 101. The van der Waals surface area contributed by atoms with Gasteiger partial charge < -0.3 is 91.6 Å². The van der Waals surface area contributed by atoms with Gasteiger partial charge in [0, 0.05) is 41.2 Å². The number of nitriles is 1. The number of aliphatic hydroxyl groups excluding tert-OH is 2. The molecule has 10 N–H and O–H groups in total. The van der Waals surface area contributed by atoms with Crippen molar-refractivity contribution in [3.05, 3.63) is 150 Å². The van der Waals surface area contributed by atoms with Crippen molar-refractivity contribution in [3.8, 4) is 17.6 Å². The third-order valence-corrected chi connectivity index (χ3v) is 8.72. The Hall–Kier alpha value is -6.27. The predicted molar refractivity (Wildman–Crippen MR) is 255 cm³/mol. The topological polar surface area (TPSA) is 455 Å². The summed E-state index contributed by atoms with van der Waals surface area (Å²) in [5.74, 6) is 0.862. The molecule has 6 aromatic rings. The number of aromatic amines is 2. The van der Waals surface area contributed by atoms with Crippen molar-refractivity contribution in [1.82, 2.24) is 19.9 Å². The van der Waals surface area contributed by atoms with E-state index in [1.54, 1.807) is 18.2 Å². The molecule has 28 nitrogen and oxygen atoms in total. The molecule has 0 fully saturated rings. The molecule has 1 radical (unpaired) electrons. The Bertz CT molecular complexity index is 2310. The number of aromatic nitrogens is 4. The Labute approximate surface area is 447 Å². The number of hydrogen-bond donors (Lipinski definition) is 8. The number of hydrazone groups is 2. The van der Waals surface area contributed by atoms with E-state index in [1.165, 1.54) is 29.2 Å². The molecular weight excluding hydrogens is 1210 g/mol. The van der Waals surface area contributed by atoms with Crippen LogP contribution in [0.5, 0.6) is 11.5 Å². The minimum Gasteiger partial charge on any atom is -0.872 e. The number of rotatable bonds is 13. The Balaban J connectivity index is -0.00000180. The number of H-pyrrole nitrogens is 2. The van der Waals surface area contributed by atoms with Gasteiger partial charge in [-0.15, -0.1) is 0 Å². The van der Waals surface area contributed by atoms with Crippen LogP contribution in [0.15, 0.2) is 91.9 Å². The Kier molecular flexibility index (Phi) is 36.6. The number of halogens is 2. The number of aliphatic hydroxyl groups is 2. The third-order valence-electron chi connectivity index (χ3n) is 7.81. The number of quaternary nitrogens is 2. The van der Waals surface area contributed by atoms with Crippen molar-refractivity contribution in [2.45, 2.75) is 20.0 Å². The average Bonchev–Trinajstić information content (AvgIpc) is 3.88. The zero-order valence-electron chi connectivity index (χ0n) is 36.9. The molecule has 2 atom stereocenters. The number of imidazole rings is 2. The van der Waals surface area contributed by atoms with Crippen molar-refractivity contribution in [2.24, 2.45) is 10.2 Å². The van der Waals surface area contributed by atoms with Gasteiger partial charge in [-0.3, -0.25) is 0 Å². The van der Waals surface area contributed by atoms with Gasteiger partial charge in [0.15, 0.2) is 0 Å². The monoisotopic (exact) mass is 1260 g/mol. The zero-order valence-corrected chi connectivity index (χ0v) is 41.8. The second-order valence-electron chi connectivity index (χ2n) is 12.6. The van der Waals surface area contributed by atoms with E-state index in [9.17, 15) is 10.2 Å². The van der Waals surface area contributed by atoms with Gasteiger partial charge in [-0.25, -0.2) is 20.8 Å². The molecular formula is C38H47Br2N14O14Yb.